The monoisotopic (exact) mass is 241 g/mol. The summed E-state index contributed by atoms with van der Waals surface area (Å²) in [4.78, 5) is 11.8. The number of rotatable bonds is 2. The molecule has 0 saturated carbocycles. The van der Waals surface area contributed by atoms with E-state index in [1.54, 1.807) is 25.2 Å². The molecule has 1 aromatic rings. The van der Waals surface area contributed by atoms with Crippen molar-refractivity contribution in [3.05, 3.63) is 28.8 Å². The number of esters is 1. The van der Waals surface area contributed by atoms with E-state index in [9.17, 15) is 4.79 Å². The molecule has 0 spiro atoms. The number of hydrogen-bond acceptors (Lipinski definition) is 3. The van der Waals surface area contributed by atoms with E-state index in [0.717, 1.165) is 5.69 Å². The summed E-state index contributed by atoms with van der Waals surface area (Å²) in [5.41, 5.74) is 0.685. The summed E-state index contributed by atoms with van der Waals surface area (Å²) in [6.45, 7) is 5.46. The SMILES string of the molecule is CNc1ccc(Cl)c(C(=O)OC(C)(C)C)c1. The van der Waals surface area contributed by atoms with Gasteiger partial charge in [-0.3, -0.25) is 0 Å². The first-order valence-electron chi connectivity index (χ1n) is 5.04. The van der Waals surface area contributed by atoms with Crippen LogP contribution in [0.4, 0.5) is 5.69 Å². The zero-order valence-electron chi connectivity index (χ0n) is 9.93. The summed E-state index contributed by atoms with van der Waals surface area (Å²) in [5.74, 6) is -0.408. The third-order valence-corrected chi connectivity index (χ3v) is 2.20. The van der Waals surface area contributed by atoms with E-state index < -0.39 is 11.6 Å². The van der Waals surface area contributed by atoms with Crippen LogP contribution in [-0.2, 0) is 4.74 Å². The van der Waals surface area contributed by atoms with E-state index in [2.05, 4.69) is 5.32 Å². The minimum Gasteiger partial charge on any atom is -0.456 e. The van der Waals surface area contributed by atoms with Crippen molar-refractivity contribution in [2.24, 2.45) is 0 Å². The summed E-state index contributed by atoms with van der Waals surface area (Å²) in [6, 6.07) is 5.15. The number of nitrogens with one attached hydrogen (secondary N) is 1. The number of hydrogen-bond donors (Lipinski definition) is 1. The minimum atomic E-state index is -0.518. The largest absolute Gasteiger partial charge is 0.456 e. The molecule has 0 aliphatic rings. The summed E-state index contributed by atoms with van der Waals surface area (Å²) in [7, 11) is 1.78. The topological polar surface area (TPSA) is 38.3 Å². The lowest BCUT2D eigenvalue weighted by molar-refractivity contribution is 0.00698. The van der Waals surface area contributed by atoms with Gasteiger partial charge in [0.2, 0.25) is 0 Å². The van der Waals surface area contributed by atoms with Gasteiger partial charge in [0.05, 0.1) is 10.6 Å². The van der Waals surface area contributed by atoms with Crippen molar-refractivity contribution in [3.8, 4) is 0 Å². The Kier molecular flexibility index (Phi) is 3.81. The van der Waals surface area contributed by atoms with Crippen LogP contribution >= 0.6 is 11.6 Å². The maximum atomic E-state index is 11.8. The van der Waals surface area contributed by atoms with E-state index in [4.69, 9.17) is 16.3 Å². The van der Waals surface area contributed by atoms with Gasteiger partial charge in [-0.05, 0) is 39.0 Å². The molecule has 4 heteroatoms. The lowest BCUT2D eigenvalue weighted by Crippen LogP contribution is -2.24. The third-order valence-electron chi connectivity index (χ3n) is 1.87. The molecule has 0 aliphatic heterocycles. The summed E-state index contributed by atoms with van der Waals surface area (Å²) in [6.07, 6.45) is 0. The van der Waals surface area contributed by atoms with Crippen LogP contribution in [0.25, 0.3) is 0 Å². The number of carbonyl (C=O) groups excluding carboxylic acids is 1. The van der Waals surface area contributed by atoms with Crippen LogP contribution in [0.3, 0.4) is 0 Å². The average Bonchev–Trinajstić information content (AvgIpc) is 2.15. The molecule has 88 valence electrons. The van der Waals surface area contributed by atoms with Gasteiger partial charge in [0.15, 0.2) is 0 Å². The van der Waals surface area contributed by atoms with Crippen LogP contribution in [0.1, 0.15) is 31.1 Å². The zero-order valence-corrected chi connectivity index (χ0v) is 10.7. The van der Waals surface area contributed by atoms with Gasteiger partial charge in [0.1, 0.15) is 5.60 Å². The Balaban J connectivity index is 2.98. The fourth-order valence-electron chi connectivity index (χ4n) is 1.17. The van der Waals surface area contributed by atoms with Crippen LogP contribution in [0.5, 0.6) is 0 Å². The number of benzene rings is 1. The zero-order chi connectivity index (χ0) is 12.3. The molecule has 0 saturated heterocycles. The molecule has 0 unspecified atom stereocenters. The molecule has 0 radical (unpaired) electrons. The Hall–Kier alpha value is -1.22. The molecule has 0 heterocycles. The Labute approximate surface area is 101 Å². The molecule has 0 aromatic heterocycles. The molecule has 3 nitrogen and oxygen atoms in total. The second-order valence-corrected chi connectivity index (χ2v) is 4.85. The summed E-state index contributed by atoms with van der Waals surface area (Å²) in [5, 5.41) is 3.34. The Morgan fingerprint density at radius 1 is 1.38 bits per heavy atom. The van der Waals surface area contributed by atoms with Gasteiger partial charge in [-0.2, -0.15) is 0 Å². The van der Waals surface area contributed by atoms with Crippen LogP contribution in [0, 0.1) is 0 Å². The second-order valence-electron chi connectivity index (χ2n) is 4.45. The maximum Gasteiger partial charge on any atom is 0.340 e. The van der Waals surface area contributed by atoms with Crippen molar-refractivity contribution in [1.29, 1.82) is 0 Å². The lowest BCUT2D eigenvalue weighted by atomic mass is 10.1. The van der Waals surface area contributed by atoms with Crippen LogP contribution in [0.2, 0.25) is 5.02 Å². The summed E-state index contributed by atoms with van der Waals surface area (Å²) >= 11 is 5.95. The highest BCUT2D eigenvalue weighted by atomic mass is 35.5. The lowest BCUT2D eigenvalue weighted by Gasteiger charge is -2.20. The molecule has 0 aliphatic carbocycles. The van der Waals surface area contributed by atoms with Gasteiger partial charge >= 0.3 is 5.97 Å². The molecular formula is C12H16ClNO2. The van der Waals surface area contributed by atoms with Crippen LogP contribution < -0.4 is 5.32 Å². The highest BCUT2D eigenvalue weighted by Crippen LogP contribution is 2.23. The summed E-state index contributed by atoms with van der Waals surface area (Å²) < 4.78 is 5.25. The number of ether oxygens (including phenoxy) is 1. The number of halogens is 1. The molecule has 0 amide bonds. The first-order valence-corrected chi connectivity index (χ1v) is 5.42. The number of anilines is 1. The van der Waals surface area contributed by atoms with E-state index in [-0.39, 0.29) is 0 Å². The second kappa shape index (κ2) is 4.74. The van der Waals surface area contributed by atoms with Gasteiger partial charge in [-0.1, -0.05) is 11.6 Å². The van der Waals surface area contributed by atoms with Crippen molar-refractivity contribution in [2.75, 3.05) is 12.4 Å². The van der Waals surface area contributed by atoms with E-state index in [0.29, 0.717) is 10.6 Å². The Morgan fingerprint density at radius 2 is 2.00 bits per heavy atom. The molecule has 0 atom stereocenters. The van der Waals surface area contributed by atoms with Crippen molar-refractivity contribution >= 4 is 23.3 Å². The average molecular weight is 242 g/mol. The maximum absolute atomic E-state index is 11.8. The van der Waals surface area contributed by atoms with Gasteiger partial charge in [-0.25, -0.2) is 4.79 Å². The van der Waals surface area contributed by atoms with E-state index in [1.807, 2.05) is 20.8 Å². The van der Waals surface area contributed by atoms with Crippen molar-refractivity contribution in [3.63, 3.8) is 0 Å². The molecule has 16 heavy (non-hydrogen) atoms. The Bertz CT molecular complexity index is 396. The minimum absolute atomic E-state index is 0.378. The molecule has 1 rings (SSSR count). The quantitative estimate of drug-likeness (QED) is 0.807. The highest BCUT2D eigenvalue weighted by molar-refractivity contribution is 6.33. The molecule has 1 N–H and O–H groups in total. The van der Waals surface area contributed by atoms with Crippen LogP contribution in [0.15, 0.2) is 18.2 Å². The first-order chi connectivity index (χ1) is 7.33. The van der Waals surface area contributed by atoms with Crippen molar-refractivity contribution < 1.29 is 9.53 Å². The van der Waals surface area contributed by atoms with Gasteiger partial charge < -0.3 is 10.1 Å². The molecular weight excluding hydrogens is 226 g/mol. The predicted octanol–water partition coefficient (Wildman–Crippen LogP) is 3.34. The van der Waals surface area contributed by atoms with Crippen LogP contribution in [-0.4, -0.2) is 18.6 Å². The molecule has 1 aromatic carbocycles. The van der Waals surface area contributed by atoms with Gasteiger partial charge in [0, 0.05) is 12.7 Å². The fourth-order valence-corrected chi connectivity index (χ4v) is 1.36. The van der Waals surface area contributed by atoms with E-state index in [1.165, 1.54) is 0 Å². The normalized spacial score (nSPS) is 11.1. The standard InChI is InChI=1S/C12H16ClNO2/c1-12(2,3)16-11(15)9-7-8(14-4)5-6-10(9)13/h5-7,14H,1-4H3. The Morgan fingerprint density at radius 3 is 2.50 bits per heavy atom. The predicted molar refractivity (Wildman–Crippen MR) is 66.2 cm³/mol. The van der Waals surface area contributed by atoms with Crippen molar-refractivity contribution in [2.45, 2.75) is 26.4 Å². The smallest absolute Gasteiger partial charge is 0.340 e. The van der Waals surface area contributed by atoms with Crippen molar-refractivity contribution in [1.82, 2.24) is 0 Å². The van der Waals surface area contributed by atoms with E-state index >= 15 is 0 Å². The molecule has 0 fully saturated rings. The fraction of sp³-hybridized carbons (Fsp3) is 0.417. The highest BCUT2D eigenvalue weighted by Gasteiger charge is 2.20. The van der Waals surface area contributed by atoms with Gasteiger partial charge in [0.25, 0.3) is 0 Å². The van der Waals surface area contributed by atoms with Gasteiger partial charge in [-0.15, -0.1) is 0 Å². The number of carbonyl (C=O) groups is 1. The molecule has 0 bridgehead atoms. The first kappa shape index (κ1) is 12.8. The third kappa shape index (κ3) is 3.42.